The molecule has 0 bridgehead atoms. The normalized spacial score (nSPS) is 11.3. The van der Waals surface area contributed by atoms with Gasteiger partial charge in [-0.1, -0.05) is 24.3 Å². The highest BCUT2D eigenvalue weighted by Gasteiger charge is 2.01. The van der Waals surface area contributed by atoms with Crippen molar-refractivity contribution in [2.75, 3.05) is 21.1 Å². The number of hydrogen-bond acceptors (Lipinski definition) is 3. The quantitative estimate of drug-likeness (QED) is 0.395. The predicted octanol–water partition coefficient (Wildman–Crippen LogP) is 3.60. The number of guanidine groups is 1. The van der Waals surface area contributed by atoms with Crippen LogP contribution < -0.4 is 10.6 Å². The van der Waals surface area contributed by atoms with Crippen molar-refractivity contribution in [2.24, 2.45) is 4.99 Å². The molecule has 0 spiro atoms. The highest BCUT2D eigenvalue weighted by molar-refractivity contribution is 14.0. The number of hydrogen-bond donors (Lipinski definition) is 2. The standard InChI is InChI=1S/C18H26N4S.HI/c1-14-5-10-17(23-14)12-21-18(19-2)20-11-15-6-8-16(9-7-15)13-22(3)4;/h5-10H,11-13H2,1-4H3,(H2,19,20,21);1H. The van der Waals surface area contributed by atoms with Crippen LogP contribution >= 0.6 is 35.3 Å². The molecule has 0 fully saturated rings. The molecular weight excluding hydrogens is 431 g/mol. The van der Waals surface area contributed by atoms with Crippen molar-refractivity contribution in [1.82, 2.24) is 15.5 Å². The number of nitrogens with one attached hydrogen (secondary N) is 2. The van der Waals surface area contributed by atoms with E-state index in [0.29, 0.717) is 0 Å². The lowest BCUT2D eigenvalue weighted by Crippen LogP contribution is -2.36. The van der Waals surface area contributed by atoms with Crippen molar-refractivity contribution >= 4 is 41.3 Å². The second-order valence-electron chi connectivity index (χ2n) is 5.85. The van der Waals surface area contributed by atoms with Crippen LogP contribution in [0.4, 0.5) is 0 Å². The summed E-state index contributed by atoms with van der Waals surface area (Å²) in [5, 5.41) is 6.71. The van der Waals surface area contributed by atoms with Gasteiger partial charge in [-0.25, -0.2) is 0 Å². The Morgan fingerprint density at radius 3 is 2.17 bits per heavy atom. The van der Waals surface area contributed by atoms with E-state index < -0.39 is 0 Å². The topological polar surface area (TPSA) is 39.7 Å². The van der Waals surface area contributed by atoms with E-state index in [2.05, 4.69) is 77.9 Å². The third-order valence-electron chi connectivity index (χ3n) is 3.43. The number of nitrogens with zero attached hydrogens (tertiary/aromatic N) is 2. The Kier molecular flexibility index (Phi) is 9.31. The molecule has 0 aliphatic heterocycles. The van der Waals surface area contributed by atoms with Gasteiger partial charge in [0.1, 0.15) is 0 Å². The molecule has 0 atom stereocenters. The SMILES string of the molecule is CN=C(NCc1ccc(CN(C)C)cc1)NCc1ccc(C)s1.I. The number of thiophene rings is 1. The van der Waals surface area contributed by atoms with Crippen LogP contribution in [0.15, 0.2) is 41.4 Å². The number of aliphatic imine (C=N–C) groups is 1. The molecule has 0 amide bonds. The first-order chi connectivity index (χ1) is 11.1. The minimum absolute atomic E-state index is 0. The summed E-state index contributed by atoms with van der Waals surface area (Å²) >= 11 is 1.81. The van der Waals surface area contributed by atoms with Crippen LogP contribution in [-0.2, 0) is 19.6 Å². The fraction of sp³-hybridized carbons (Fsp3) is 0.389. The molecule has 0 saturated heterocycles. The van der Waals surface area contributed by atoms with Crippen LogP contribution in [0.1, 0.15) is 20.9 Å². The molecule has 0 saturated carbocycles. The molecule has 4 nitrogen and oxygen atoms in total. The summed E-state index contributed by atoms with van der Waals surface area (Å²) in [5.74, 6) is 0.827. The number of aryl methyl sites for hydroxylation is 1. The second kappa shape index (κ2) is 10.7. The van der Waals surface area contributed by atoms with Crippen molar-refractivity contribution in [3.05, 3.63) is 57.3 Å². The Bertz CT molecular complexity index is 635. The van der Waals surface area contributed by atoms with Crippen LogP contribution in [0.25, 0.3) is 0 Å². The maximum Gasteiger partial charge on any atom is 0.191 e. The van der Waals surface area contributed by atoms with Crippen LogP contribution in [0.2, 0.25) is 0 Å². The average Bonchev–Trinajstić information content (AvgIpc) is 2.94. The predicted molar refractivity (Wildman–Crippen MR) is 115 cm³/mol. The lowest BCUT2D eigenvalue weighted by molar-refractivity contribution is 0.402. The Labute approximate surface area is 166 Å². The molecule has 0 unspecified atom stereocenters. The molecule has 2 aromatic rings. The Balaban J connectivity index is 0.00000288. The van der Waals surface area contributed by atoms with E-state index >= 15 is 0 Å². The molecule has 1 aromatic heterocycles. The maximum absolute atomic E-state index is 4.27. The highest BCUT2D eigenvalue weighted by atomic mass is 127. The summed E-state index contributed by atoms with van der Waals surface area (Å²) in [5.41, 5.74) is 2.58. The molecule has 0 aliphatic carbocycles. The molecule has 2 N–H and O–H groups in total. The van der Waals surface area contributed by atoms with Crippen molar-refractivity contribution in [1.29, 1.82) is 0 Å². The zero-order chi connectivity index (χ0) is 16.7. The molecule has 1 aromatic carbocycles. The van der Waals surface area contributed by atoms with Gasteiger partial charge in [0.25, 0.3) is 0 Å². The van der Waals surface area contributed by atoms with Gasteiger partial charge in [0.2, 0.25) is 0 Å². The van der Waals surface area contributed by atoms with Crippen LogP contribution in [0, 0.1) is 6.92 Å². The van der Waals surface area contributed by atoms with Gasteiger partial charge in [-0.2, -0.15) is 0 Å². The van der Waals surface area contributed by atoms with Crippen LogP contribution in [0.5, 0.6) is 0 Å². The van der Waals surface area contributed by atoms with Crippen molar-refractivity contribution in [2.45, 2.75) is 26.6 Å². The third kappa shape index (κ3) is 7.19. The fourth-order valence-corrected chi connectivity index (χ4v) is 3.12. The zero-order valence-electron chi connectivity index (χ0n) is 14.8. The van der Waals surface area contributed by atoms with Gasteiger partial charge in [0.15, 0.2) is 5.96 Å². The number of rotatable bonds is 6. The van der Waals surface area contributed by atoms with Crippen molar-refractivity contribution < 1.29 is 0 Å². The molecular formula is C18H27IN4S. The summed E-state index contributed by atoms with van der Waals surface area (Å²) in [6.45, 7) is 4.67. The summed E-state index contributed by atoms with van der Waals surface area (Å²) in [7, 11) is 5.97. The lowest BCUT2D eigenvalue weighted by atomic mass is 10.1. The molecule has 0 aliphatic rings. The zero-order valence-corrected chi connectivity index (χ0v) is 17.9. The van der Waals surface area contributed by atoms with E-state index in [1.54, 1.807) is 7.05 Å². The van der Waals surface area contributed by atoms with E-state index in [1.165, 1.54) is 20.9 Å². The van der Waals surface area contributed by atoms with Gasteiger partial charge in [-0.3, -0.25) is 4.99 Å². The van der Waals surface area contributed by atoms with E-state index in [9.17, 15) is 0 Å². The summed E-state index contributed by atoms with van der Waals surface area (Å²) in [4.78, 5) is 9.10. The second-order valence-corrected chi connectivity index (χ2v) is 7.22. The van der Waals surface area contributed by atoms with Crippen LogP contribution in [0.3, 0.4) is 0 Å². The maximum atomic E-state index is 4.27. The minimum atomic E-state index is 0. The fourth-order valence-electron chi connectivity index (χ4n) is 2.29. The first kappa shape index (κ1) is 20.9. The van der Waals surface area contributed by atoms with Gasteiger partial charge in [-0.15, -0.1) is 35.3 Å². The molecule has 0 radical (unpaired) electrons. The van der Waals surface area contributed by atoms with Gasteiger partial charge in [0.05, 0.1) is 6.54 Å². The average molecular weight is 458 g/mol. The third-order valence-corrected chi connectivity index (χ3v) is 4.43. The molecule has 132 valence electrons. The van der Waals surface area contributed by atoms with E-state index in [1.807, 2.05) is 11.3 Å². The lowest BCUT2D eigenvalue weighted by Gasteiger charge is -2.12. The molecule has 6 heteroatoms. The first-order valence-electron chi connectivity index (χ1n) is 7.79. The Morgan fingerprint density at radius 2 is 1.62 bits per heavy atom. The van der Waals surface area contributed by atoms with Gasteiger partial charge in [-0.05, 0) is 44.3 Å². The van der Waals surface area contributed by atoms with Gasteiger partial charge in [0, 0.05) is 29.9 Å². The Hall–Kier alpha value is -1.12. The Morgan fingerprint density at radius 1 is 1.00 bits per heavy atom. The monoisotopic (exact) mass is 458 g/mol. The molecule has 1 heterocycles. The molecule has 2 rings (SSSR count). The molecule has 24 heavy (non-hydrogen) atoms. The van der Waals surface area contributed by atoms with E-state index in [-0.39, 0.29) is 24.0 Å². The van der Waals surface area contributed by atoms with Gasteiger partial charge < -0.3 is 15.5 Å². The number of halogens is 1. The van der Waals surface area contributed by atoms with E-state index in [4.69, 9.17) is 0 Å². The van der Waals surface area contributed by atoms with Crippen molar-refractivity contribution in [3.8, 4) is 0 Å². The summed E-state index contributed by atoms with van der Waals surface area (Å²) < 4.78 is 0. The first-order valence-corrected chi connectivity index (χ1v) is 8.61. The number of benzene rings is 1. The summed E-state index contributed by atoms with van der Waals surface area (Å²) in [6.07, 6.45) is 0. The van der Waals surface area contributed by atoms with Crippen LogP contribution in [-0.4, -0.2) is 32.0 Å². The van der Waals surface area contributed by atoms with E-state index in [0.717, 1.165) is 25.6 Å². The summed E-state index contributed by atoms with van der Waals surface area (Å²) in [6, 6.07) is 13.0. The highest BCUT2D eigenvalue weighted by Crippen LogP contribution is 2.14. The smallest absolute Gasteiger partial charge is 0.191 e. The minimum Gasteiger partial charge on any atom is -0.352 e. The largest absolute Gasteiger partial charge is 0.352 e. The van der Waals surface area contributed by atoms with Gasteiger partial charge >= 0.3 is 0 Å². The van der Waals surface area contributed by atoms with Crippen molar-refractivity contribution in [3.63, 3.8) is 0 Å².